The van der Waals surface area contributed by atoms with E-state index in [-0.39, 0.29) is 6.61 Å². The van der Waals surface area contributed by atoms with E-state index in [1.54, 1.807) is 0 Å². The van der Waals surface area contributed by atoms with Crippen LogP contribution in [0.2, 0.25) is 5.02 Å². The molecule has 2 rings (SSSR count). The van der Waals surface area contributed by atoms with Crippen molar-refractivity contribution < 1.29 is 4.74 Å². The minimum Gasteiger partial charge on any atom is -0.479 e. The van der Waals surface area contributed by atoms with Crippen molar-refractivity contribution in [1.82, 2.24) is 0 Å². The molecule has 0 saturated carbocycles. The highest BCUT2D eigenvalue weighted by Crippen LogP contribution is 2.23. The molecule has 0 aromatic heterocycles. The first kappa shape index (κ1) is 14.7. The average Bonchev–Trinajstić information content (AvgIpc) is 2.45. The van der Waals surface area contributed by atoms with Crippen molar-refractivity contribution in [1.29, 1.82) is 5.26 Å². The number of hydrogen-bond acceptors (Lipinski definition) is 3. The molecule has 0 aliphatic rings. The molecule has 0 saturated heterocycles. The summed E-state index contributed by atoms with van der Waals surface area (Å²) in [6.45, 7) is 0.700. The van der Waals surface area contributed by atoms with Crippen LogP contribution < -0.4 is 10.1 Å². The van der Waals surface area contributed by atoms with Crippen molar-refractivity contribution >= 4 is 33.2 Å². The number of rotatable bonds is 5. The first-order valence-electron chi connectivity index (χ1n) is 5.96. The van der Waals surface area contributed by atoms with Gasteiger partial charge in [0.25, 0.3) is 0 Å². The van der Waals surface area contributed by atoms with Gasteiger partial charge >= 0.3 is 0 Å². The largest absolute Gasteiger partial charge is 0.479 e. The normalized spacial score (nSPS) is 9.85. The van der Waals surface area contributed by atoms with Crippen molar-refractivity contribution in [2.45, 2.75) is 6.54 Å². The molecule has 20 heavy (non-hydrogen) atoms. The molecule has 0 aliphatic heterocycles. The Bertz CT molecular complexity index is 623. The van der Waals surface area contributed by atoms with Crippen molar-refractivity contribution in [3.63, 3.8) is 0 Å². The van der Waals surface area contributed by atoms with E-state index in [0.29, 0.717) is 12.3 Å². The van der Waals surface area contributed by atoms with E-state index in [0.717, 1.165) is 20.7 Å². The number of nitrogens with one attached hydrogen (secondary N) is 1. The predicted octanol–water partition coefficient (Wildman–Crippen LogP) is 4.62. The van der Waals surface area contributed by atoms with Crippen LogP contribution in [0.4, 0.5) is 5.69 Å². The Balaban J connectivity index is 1.95. The predicted molar refractivity (Wildman–Crippen MR) is 84.0 cm³/mol. The van der Waals surface area contributed by atoms with Crippen molar-refractivity contribution in [2.24, 2.45) is 0 Å². The molecular weight excluding hydrogens is 340 g/mol. The van der Waals surface area contributed by atoms with Crippen LogP contribution in [0, 0.1) is 11.3 Å². The summed E-state index contributed by atoms with van der Waals surface area (Å²) >= 11 is 9.54. The van der Waals surface area contributed by atoms with Gasteiger partial charge in [-0.1, -0.05) is 33.6 Å². The molecule has 0 unspecified atom stereocenters. The third-order valence-corrected chi connectivity index (χ3v) is 3.50. The van der Waals surface area contributed by atoms with Gasteiger partial charge < -0.3 is 10.1 Å². The Morgan fingerprint density at radius 2 is 1.95 bits per heavy atom. The zero-order valence-corrected chi connectivity index (χ0v) is 12.9. The van der Waals surface area contributed by atoms with Gasteiger partial charge in [-0.2, -0.15) is 5.26 Å². The highest BCUT2D eigenvalue weighted by Gasteiger charge is 2.01. The van der Waals surface area contributed by atoms with E-state index in [4.69, 9.17) is 21.6 Å². The third kappa shape index (κ3) is 4.16. The highest BCUT2D eigenvalue weighted by molar-refractivity contribution is 9.10. The van der Waals surface area contributed by atoms with Crippen LogP contribution in [-0.4, -0.2) is 6.61 Å². The molecular formula is C15H12BrClN2O. The zero-order chi connectivity index (χ0) is 14.4. The summed E-state index contributed by atoms with van der Waals surface area (Å²) in [7, 11) is 0. The van der Waals surface area contributed by atoms with E-state index in [9.17, 15) is 0 Å². The number of ether oxygens (including phenoxy) is 1. The second-order valence-corrected chi connectivity index (χ2v) is 5.38. The summed E-state index contributed by atoms with van der Waals surface area (Å²) in [5, 5.41) is 12.4. The summed E-state index contributed by atoms with van der Waals surface area (Å²) in [5.74, 6) is 0.679. The molecule has 0 radical (unpaired) electrons. The van der Waals surface area contributed by atoms with Crippen molar-refractivity contribution in [2.75, 3.05) is 11.9 Å². The molecule has 0 heterocycles. The number of hydrogen-bond donors (Lipinski definition) is 1. The molecule has 2 aromatic rings. The van der Waals surface area contributed by atoms with Gasteiger partial charge in [0.15, 0.2) is 6.61 Å². The zero-order valence-electron chi connectivity index (χ0n) is 10.6. The molecule has 0 spiro atoms. The van der Waals surface area contributed by atoms with Gasteiger partial charge in [0.2, 0.25) is 0 Å². The van der Waals surface area contributed by atoms with Crippen LogP contribution in [0.1, 0.15) is 5.56 Å². The number of anilines is 1. The lowest BCUT2D eigenvalue weighted by Gasteiger charge is -2.09. The molecule has 2 aromatic carbocycles. The van der Waals surface area contributed by atoms with Gasteiger partial charge in [-0.25, -0.2) is 0 Å². The summed E-state index contributed by atoms with van der Waals surface area (Å²) in [6.07, 6.45) is 0. The van der Waals surface area contributed by atoms with Gasteiger partial charge in [-0.15, -0.1) is 0 Å². The average molecular weight is 352 g/mol. The lowest BCUT2D eigenvalue weighted by molar-refractivity contribution is 0.368. The molecule has 3 nitrogen and oxygen atoms in total. The van der Waals surface area contributed by atoms with Crippen LogP contribution in [0.3, 0.4) is 0 Å². The summed E-state index contributed by atoms with van der Waals surface area (Å²) in [4.78, 5) is 0. The lowest BCUT2D eigenvalue weighted by Crippen LogP contribution is -2.00. The molecule has 0 fully saturated rings. The van der Waals surface area contributed by atoms with Crippen molar-refractivity contribution in [3.8, 4) is 11.8 Å². The standard InChI is InChI=1S/C15H12BrClN2O/c16-12-2-1-11(15(17)9-12)10-19-13-3-5-14(6-4-13)20-8-7-18/h1-6,9,19H,8,10H2. The molecule has 0 amide bonds. The number of nitriles is 1. The van der Waals surface area contributed by atoms with Crippen LogP contribution in [0.5, 0.6) is 5.75 Å². The molecule has 1 N–H and O–H groups in total. The lowest BCUT2D eigenvalue weighted by atomic mass is 10.2. The summed E-state index contributed by atoms with van der Waals surface area (Å²) < 4.78 is 6.15. The Morgan fingerprint density at radius 3 is 2.60 bits per heavy atom. The monoisotopic (exact) mass is 350 g/mol. The first-order chi connectivity index (χ1) is 9.69. The van der Waals surface area contributed by atoms with Crippen LogP contribution in [-0.2, 0) is 6.54 Å². The smallest absolute Gasteiger partial charge is 0.174 e. The van der Waals surface area contributed by atoms with Crippen LogP contribution in [0.25, 0.3) is 0 Å². The Labute approximate surface area is 131 Å². The fourth-order valence-electron chi connectivity index (χ4n) is 1.65. The molecule has 0 bridgehead atoms. The van der Waals surface area contributed by atoms with Gasteiger partial charge in [0.05, 0.1) is 0 Å². The van der Waals surface area contributed by atoms with E-state index < -0.39 is 0 Å². The molecule has 5 heteroatoms. The number of halogens is 2. The Hall–Kier alpha value is -1.70. The maximum Gasteiger partial charge on any atom is 0.174 e. The minimum absolute atomic E-state index is 0.0568. The number of nitrogens with zero attached hydrogens (tertiary/aromatic N) is 1. The van der Waals surface area contributed by atoms with Crippen LogP contribution >= 0.6 is 27.5 Å². The van der Waals surface area contributed by atoms with Crippen LogP contribution in [0.15, 0.2) is 46.9 Å². The maximum atomic E-state index is 8.43. The minimum atomic E-state index is 0.0568. The fraction of sp³-hybridized carbons (Fsp3) is 0.133. The topological polar surface area (TPSA) is 45.0 Å². The first-order valence-corrected chi connectivity index (χ1v) is 7.14. The van der Waals surface area contributed by atoms with Gasteiger partial charge in [-0.05, 0) is 42.0 Å². The van der Waals surface area contributed by atoms with Gasteiger partial charge in [-0.3, -0.25) is 0 Å². The molecule has 0 aliphatic carbocycles. The van der Waals surface area contributed by atoms with Gasteiger partial charge in [0.1, 0.15) is 11.8 Å². The molecule has 102 valence electrons. The number of benzene rings is 2. The van der Waals surface area contributed by atoms with E-state index in [2.05, 4.69) is 21.2 Å². The Morgan fingerprint density at radius 1 is 1.20 bits per heavy atom. The summed E-state index contributed by atoms with van der Waals surface area (Å²) in [5.41, 5.74) is 1.99. The molecule has 0 atom stereocenters. The quantitative estimate of drug-likeness (QED) is 0.855. The third-order valence-electron chi connectivity index (χ3n) is 2.66. The maximum absolute atomic E-state index is 8.43. The van der Waals surface area contributed by atoms with Gasteiger partial charge in [0, 0.05) is 21.7 Å². The fourth-order valence-corrected chi connectivity index (χ4v) is 2.39. The SMILES string of the molecule is N#CCOc1ccc(NCc2ccc(Br)cc2Cl)cc1. The second-order valence-electron chi connectivity index (χ2n) is 4.06. The van der Waals surface area contributed by atoms with E-state index in [1.807, 2.05) is 48.5 Å². The Kier molecular flexibility index (Phi) is 5.28. The summed E-state index contributed by atoms with van der Waals surface area (Å²) in [6, 6.07) is 15.2. The second kappa shape index (κ2) is 7.18. The van der Waals surface area contributed by atoms with E-state index >= 15 is 0 Å². The highest BCUT2D eigenvalue weighted by atomic mass is 79.9. The van der Waals surface area contributed by atoms with E-state index in [1.165, 1.54) is 0 Å². The van der Waals surface area contributed by atoms with Crippen molar-refractivity contribution in [3.05, 3.63) is 57.5 Å².